The highest BCUT2D eigenvalue weighted by Crippen LogP contribution is 2.35. The molecule has 1 unspecified atom stereocenters. The molecule has 1 fully saturated rings. The second kappa shape index (κ2) is 8.32. The summed E-state index contributed by atoms with van der Waals surface area (Å²) < 4.78 is 28.8. The summed E-state index contributed by atoms with van der Waals surface area (Å²) in [6.45, 7) is 0.379. The molecule has 0 radical (unpaired) electrons. The highest BCUT2D eigenvalue weighted by molar-refractivity contribution is 5.29. The number of rotatable bonds is 7. The van der Waals surface area contributed by atoms with Crippen LogP contribution >= 0.6 is 0 Å². The molecule has 1 aromatic carbocycles. The fourth-order valence-corrected chi connectivity index (χ4v) is 3.18. The van der Waals surface area contributed by atoms with Crippen molar-refractivity contribution in [1.82, 2.24) is 5.32 Å². The summed E-state index contributed by atoms with van der Waals surface area (Å²) in [5.41, 5.74) is 1.18. The van der Waals surface area contributed by atoms with Gasteiger partial charge < -0.3 is 10.1 Å². The Morgan fingerprint density at radius 2 is 1.81 bits per heavy atom. The Kier molecular flexibility index (Phi) is 6.43. The predicted molar refractivity (Wildman–Crippen MR) is 80.7 cm³/mol. The number of halogens is 2. The van der Waals surface area contributed by atoms with Gasteiger partial charge in [0.25, 0.3) is 0 Å². The Hall–Kier alpha value is -1.16. The van der Waals surface area contributed by atoms with Crippen molar-refractivity contribution >= 4 is 0 Å². The van der Waals surface area contributed by atoms with E-state index in [4.69, 9.17) is 0 Å². The Morgan fingerprint density at radius 1 is 1.14 bits per heavy atom. The molecule has 0 aromatic heterocycles. The third kappa shape index (κ3) is 4.95. The third-order valence-electron chi connectivity index (χ3n) is 4.20. The standard InChI is InChI=1S/C17H25F2NO/c1-2-12-20-16(13-6-4-3-5-7-13)14-8-10-15(11-9-14)21-17(18)19/h8-11,13,16-17,20H,2-7,12H2,1H3. The SMILES string of the molecule is CCCNC(c1ccc(OC(F)F)cc1)C1CCCCC1. The van der Waals surface area contributed by atoms with Gasteiger partial charge in [0.15, 0.2) is 0 Å². The van der Waals surface area contributed by atoms with Crippen molar-refractivity contribution in [3.8, 4) is 5.75 Å². The minimum atomic E-state index is -2.76. The van der Waals surface area contributed by atoms with Crippen LogP contribution in [0.1, 0.15) is 57.1 Å². The van der Waals surface area contributed by atoms with Crippen LogP contribution < -0.4 is 10.1 Å². The highest BCUT2D eigenvalue weighted by Gasteiger charge is 2.24. The fraction of sp³-hybridized carbons (Fsp3) is 0.647. The Morgan fingerprint density at radius 3 is 2.38 bits per heavy atom. The van der Waals surface area contributed by atoms with E-state index in [1.165, 1.54) is 37.7 Å². The molecular formula is C17H25F2NO. The smallest absolute Gasteiger partial charge is 0.387 e. The summed E-state index contributed by atoms with van der Waals surface area (Å²) in [5, 5.41) is 3.63. The van der Waals surface area contributed by atoms with Crippen LogP contribution in [0.2, 0.25) is 0 Å². The summed E-state index contributed by atoms with van der Waals surface area (Å²) in [4.78, 5) is 0. The monoisotopic (exact) mass is 297 g/mol. The van der Waals surface area contributed by atoms with Gasteiger partial charge in [0.1, 0.15) is 5.75 Å². The van der Waals surface area contributed by atoms with Gasteiger partial charge in [-0.15, -0.1) is 0 Å². The second-order valence-corrected chi connectivity index (χ2v) is 5.78. The summed E-state index contributed by atoms with van der Waals surface area (Å²) >= 11 is 0. The minimum Gasteiger partial charge on any atom is -0.435 e. The first kappa shape index (κ1) is 16.2. The number of benzene rings is 1. The molecule has 1 atom stereocenters. The topological polar surface area (TPSA) is 21.3 Å². The van der Waals surface area contributed by atoms with Gasteiger partial charge in [-0.2, -0.15) is 8.78 Å². The van der Waals surface area contributed by atoms with Gasteiger partial charge in [-0.05, 0) is 49.4 Å². The maximum atomic E-state index is 12.2. The fourth-order valence-electron chi connectivity index (χ4n) is 3.18. The van der Waals surface area contributed by atoms with Crippen molar-refractivity contribution < 1.29 is 13.5 Å². The van der Waals surface area contributed by atoms with E-state index in [1.807, 2.05) is 12.1 Å². The maximum Gasteiger partial charge on any atom is 0.387 e. The molecule has 0 amide bonds. The van der Waals surface area contributed by atoms with Crippen molar-refractivity contribution in [3.05, 3.63) is 29.8 Å². The molecule has 0 aliphatic heterocycles. The molecular weight excluding hydrogens is 272 g/mol. The molecule has 1 aliphatic carbocycles. The lowest BCUT2D eigenvalue weighted by Crippen LogP contribution is -2.30. The zero-order valence-corrected chi connectivity index (χ0v) is 12.7. The van der Waals surface area contributed by atoms with E-state index in [2.05, 4.69) is 17.0 Å². The van der Waals surface area contributed by atoms with E-state index in [9.17, 15) is 8.78 Å². The molecule has 4 heteroatoms. The number of hydrogen-bond acceptors (Lipinski definition) is 2. The number of nitrogens with one attached hydrogen (secondary N) is 1. The van der Waals surface area contributed by atoms with Crippen LogP contribution in [0.3, 0.4) is 0 Å². The first-order valence-electron chi connectivity index (χ1n) is 7.99. The third-order valence-corrected chi connectivity index (χ3v) is 4.20. The molecule has 1 N–H and O–H groups in total. The number of ether oxygens (including phenoxy) is 1. The molecule has 21 heavy (non-hydrogen) atoms. The van der Waals surface area contributed by atoms with E-state index in [1.54, 1.807) is 12.1 Å². The first-order chi connectivity index (χ1) is 10.2. The molecule has 118 valence electrons. The summed E-state index contributed by atoms with van der Waals surface area (Å²) in [5.74, 6) is 0.874. The van der Waals surface area contributed by atoms with Crippen molar-refractivity contribution in [2.24, 2.45) is 5.92 Å². The molecule has 1 aliphatic rings. The minimum absolute atomic E-state index is 0.228. The van der Waals surface area contributed by atoms with Crippen LogP contribution in [-0.4, -0.2) is 13.2 Å². The van der Waals surface area contributed by atoms with Crippen LogP contribution in [0.25, 0.3) is 0 Å². The Balaban J connectivity index is 2.07. The second-order valence-electron chi connectivity index (χ2n) is 5.78. The van der Waals surface area contributed by atoms with Crippen LogP contribution in [0.15, 0.2) is 24.3 Å². The van der Waals surface area contributed by atoms with E-state index in [0.717, 1.165) is 13.0 Å². The lowest BCUT2D eigenvalue weighted by molar-refractivity contribution is -0.0498. The molecule has 1 saturated carbocycles. The normalized spacial score (nSPS) is 17.9. The van der Waals surface area contributed by atoms with Gasteiger partial charge in [-0.3, -0.25) is 0 Å². The van der Waals surface area contributed by atoms with Crippen LogP contribution in [-0.2, 0) is 0 Å². The van der Waals surface area contributed by atoms with E-state index in [-0.39, 0.29) is 5.75 Å². The Bertz CT molecular complexity index is 402. The van der Waals surface area contributed by atoms with Gasteiger partial charge >= 0.3 is 6.61 Å². The Labute approximate surface area is 125 Å². The average molecular weight is 297 g/mol. The van der Waals surface area contributed by atoms with Gasteiger partial charge in [-0.25, -0.2) is 0 Å². The zero-order valence-electron chi connectivity index (χ0n) is 12.7. The summed E-state index contributed by atoms with van der Waals surface area (Å²) in [6.07, 6.45) is 7.50. The van der Waals surface area contributed by atoms with E-state index >= 15 is 0 Å². The van der Waals surface area contributed by atoms with Gasteiger partial charge in [-0.1, -0.05) is 38.3 Å². The van der Waals surface area contributed by atoms with Crippen molar-refractivity contribution in [2.75, 3.05) is 6.54 Å². The zero-order chi connectivity index (χ0) is 15.1. The average Bonchev–Trinajstić information content (AvgIpc) is 2.50. The molecule has 0 bridgehead atoms. The van der Waals surface area contributed by atoms with Gasteiger partial charge in [0.05, 0.1) is 0 Å². The number of hydrogen-bond donors (Lipinski definition) is 1. The largest absolute Gasteiger partial charge is 0.435 e. The lowest BCUT2D eigenvalue weighted by atomic mass is 9.81. The molecule has 0 spiro atoms. The first-order valence-corrected chi connectivity index (χ1v) is 7.99. The van der Waals surface area contributed by atoms with Crippen LogP contribution in [0.5, 0.6) is 5.75 Å². The van der Waals surface area contributed by atoms with Gasteiger partial charge in [0.2, 0.25) is 0 Å². The van der Waals surface area contributed by atoms with E-state index in [0.29, 0.717) is 12.0 Å². The molecule has 2 nitrogen and oxygen atoms in total. The molecule has 0 heterocycles. The number of alkyl halides is 2. The van der Waals surface area contributed by atoms with E-state index < -0.39 is 6.61 Å². The van der Waals surface area contributed by atoms with Crippen molar-refractivity contribution in [2.45, 2.75) is 58.1 Å². The van der Waals surface area contributed by atoms with Crippen LogP contribution in [0.4, 0.5) is 8.78 Å². The molecule has 1 aromatic rings. The summed E-state index contributed by atoms with van der Waals surface area (Å²) in [6, 6.07) is 7.45. The summed E-state index contributed by atoms with van der Waals surface area (Å²) in [7, 11) is 0. The maximum absolute atomic E-state index is 12.2. The lowest BCUT2D eigenvalue weighted by Gasteiger charge is -2.31. The highest BCUT2D eigenvalue weighted by atomic mass is 19.3. The van der Waals surface area contributed by atoms with Gasteiger partial charge in [0, 0.05) is 6.04 Å². The van der Waals surface area contributed by atoms with Crippen LogP contribution in [0, 0.1) is 5.92 Å². The quantitative estimate of drug-likeness (QED) is 0.772. The predicted octanol–water partition coefficient (Wildman–Crippen LogP) is 4.91. The van der Waals surface area contributed by atoms with Crippen molar-refractivity contribution in [3.63, 3.8) is 0 Å². The molecule has 2 rings (SSSR count). The van der Waals surface area contributed by atoms with Crippen molar-refractivity contribution in [1.29, 1.82) is 0 Å². The molecule has 0 saturated heterocycles.